The van der Waals surface area contributed by atoms with Crippen LogP contribution in [0.25, 0.3) is 0 Å². The number of hydrogen-bond acceptors (Lipinski definition) is 3. The number of nitrogens with one attached hydrogen (secondary N) is 2. The maximum atomic E-state index is 13.2. The Labute approximate surface area is 191 Å². The first-order valence-corrected chi connectivity index (χ1v) is 10.8. The molecule has 7 heteroatoms. The molecule has 3 aromatic carbocycles. The second-order valence-corrected chi connectivity index (χ2v) is 7.91. The minimum atomic E-state index is -0.572. The molecular formula is C26H24FN3O3. The fraction of sp³-hybridized carbons (Fsp3) is 0.192. The topological polar surface area (TPSA) is 78.5 Å². The molecule has 0 saturated carbocycles. The first-order valence-electron chi connectivity index (χ1n) is 10.8. The Hall–Kier alpha value is -4.00. The fourth-order valence-electron chi connectivity index (χ4n) is 3.84. The minimum absolute atomic E-state index is 0.0502. The number of carbonyl (C=O) groups excluding carboxylic acids is 3. The number of nitrogens with zero attached hydrogens (tertiary/aromatic N) is 1. The highest BCUT2D eigenvalue weighted by molar-refractivity contribution is 6.07. The molecule has 0 aromatic heterocycles. The molecule has 1 aliphatic heterocycles. The molecule has 0 radical (unpaired) electrons. The van der Waals surface area contributed by atoms with Gasteiger partial charge in [-0.15, -0.1) is 0 Å². The predicted octanol–water partition coefficient (Wildman–Crippen LogP) is 3.79. The smallest absolute Gasteiger partial charge is 0.253 e. The van der Waals surface area contributed by atoms with Gasteiger partial charge in [0.25, 0.3) is 5.91 Å². The largest absolute Gasteiger partial charge is 0.352 e. The SMILES string of the molecule is O=C(NCCc1ccccc1)c1ccccc1NC(=O)[C@@H]1CC(=O)N(c2ccc(F)cc2)C1. The average molecular weight is 445 g/mol. The van der Waals surface area contributed by atoms with E-state index >= 15 is 0 Å². The first kappa shape index (κ1) is 22.2. The third kappa shape index (κ3) is 5.44. The Morgan fingerprint density at radius 2 is 1.64 bits per heavy atom. The van der Waals surface area contributed by atoms with Crippen molar-refractivity contribution in [2.24, 2.45) is 5.92 Å². The van der Waals surface area contributed by atoms with Gasteiger partial charge in [-0.05, 0) is 48.4 Å². The van der Waals surface area contributed by atoms with Gasteiger partial charge in [-0.1, -0.05) is 42.5 Å². The van der Waals surface area contributed by atoms with Gasteiger partial charge < -0.3 is 15.5 Å². The van der Waals surface area contributed by atoms with Crippen LogP contribution in [0.2, 0.25) is 0 Å². The van der Waals surface area contributed by atoms with Crippen molar-refractivity contribution >= 4 is 29.1 Å². The van der Waals surface area contributed by atoms with Crippen molar-refractivity contribution in [2.75, 3.05) is 23.3 Å². The highest BCUT2D eigenvalue weighted by Gasteiger charge is 2.35. The van der Waals surface area contributed by atoms with Gasteiger partial charge in [0, 0.05) is 25.2 Å². The Morgan fingerprint density at radius 1 is 0.939 bits per heavy atom. The molecule has 33 heavy (non-hydrogen) atoms. The Balaban J connectivity index is 1.38. The van der Waals surface area contributed by atoms with Gasteiger partial charge in [-0.3, -0.25) is 14.4 Å². The van der Waals surface area contributed by atoms with Gasteiger partial charge >= 0.3 is 0 Å². The lowest BCUT2D eigenvalue weighted by atomic mass is 10.1. The van der Waals surface area contributed by atoms with Gasteiger partial charge in [0.05, 0.1) is 17.2 Å². The lowest BCUT2D eigenvalue weighted by Crippen LogP contribution is -2.30. The number of halogens is 1. The van der Waals surface area contributed by atoms with Crippen molar-refractivity contribution in [2.45, 2.75) is 12.8 Å². The number of amides is 3. The number of benzene rings is 3. The molecule has 1 saturated heterocycles. The van der Waals surface area contributed by atoms with Crippen LogP contribution in [0.5, 0.6) is 0 Å². The quantitative estimate of drug-likeness (QED) is 0.581. The lowest BCUT2D eigenvalue weighted by molar-refractivity contribution is -0.122. The molecular weight excluding hydrogens is 421 g/mol. The third-order valence-corrected chi connectivity index (χ3v) is 5.61. The van der Waals surface area contributed by atoms with E-state index in [-0.39, 0.29) is 30.7 Å². The molecule has 6 nitrogen and oxygen atoms in total. The van der Waals surface area contributed by atoms with Crippen LogP contribution < -0.4 is 15.5 Å². The van der Waals surface area contributed by atoms with Crippen molar-refractivity contribution in [3.05, 3.63) is 95.8 Å². The molecule has 0 spiro atoms. The van der Waals surface area contributed by atoms with Gasteiger partial charge in [0.2, 0.25) is 11.8 Å². The Kier molecular flexibility index (Phi) is 6.78. The van der Waals surface area contributed by atoms with Gasteiger partial charge in [0.15, 0.2) is 0 Å². The van der Waals surface area contributed by atoms with E-state index in [0.29, 0.717) is 29.9 Å². The van der Waals surface area contributed by atoms with Crippen LogP contribution in [0, 0.1) is 11.7 Å². The summed E-state index contributed by atoms with van der Waals surface area (Å²) in [6.07, 6.45) is 0.749. The van der Waals surface area contributed by atoms with Crippen LogP contribution in [0.15, 0.2) is 78.9 Å². The van der Waals surface area contributed by atoms with E-state index in [1.165, 1.54) is 29.2 Å². The second kappa shape index (κ2) is 10.1. The molecule has 0 aliphatic carbocycles. The summed E-state index contributed by atoms with van der Waals surface area (Å²) in [7, 11) is 0. The summed E-state index contributed by atoms with van der Waals surface area (Å²) in [5, 5.41) is 5.69. The second-order valence-electron chi connectivity index (χ2n) is 7.91. The van der Waals surface area contributed by atoms with E-state index in [0.717, 1.165) is 5.56 Å². The number of rotatable bonds is 7. The molecule has 1 heterocycles. The zero-order valence-corrected chi connectivity index (χ0v) is 18.0. The van der Waals surface area contributed by atoms with E-state index in [9.17, 15) is 18.8 Å². The average Bonchev–Trinajstić information content (AvgIpc) is 3.22. The van der Waals surface area contributed by atoms with Gasteiger partial charge in [-0.25, -0.2) is 4.39 Å². The maximum absolute atomic E-state index is 13.2. The van der Waals surface area contributed by atoms with E-state index in [1.54, 1.807) is 24.3 Å². The molecule has 2 N–H and O–H groups in total. The van der Waals surface area contributed by atoms with Crippen molar-refractivity contribution in [3.8, 4) is 0 Å². The van der Waals surface area contributed by atoms with Crippen molar-refractivity contribution in [3.63, 3.8) is 0 Å². The summed E-state index contributed by atoms with van der Waals surface area (Å²) in [6, 6.07) is 22.2. The van der Waals surface area contributed by atoms with Crippen LogP contribution in [0.3, 0.4) is 0 Å². The normalized spacial score (nSPS) is 15.4. The van der Waals surface area contributed by atoms with Crippen LogP contribution in [0.4, 0.5) is 15.8 Å². The highest BCUT2D eigenvalue weighted by atomic mass is 19.1. The minimum Gasteiger partial charge on any atom is -0.352 e. The number of carbonyl (C=O) groups is 3. The summed E-state index contributed by atoms with van der Waals surface area (Å²) in [5.74, 6) is -1.78. The van der Waals surface area contributed by atoms with E-state index in [1.807, 2.05) is 30.3 Å². The highest BCUT2D eigenvalue weighted by Crippen LogP contribution is 2.27. The molecule has 3 amide bonds. The summed E-state index contributed by atoms with van der Waals surface area (Å²) in [5.41, 5.74) is 2.43. The summed E-state index contributed by atoms with van der Waals surface area (Å²) >= 11 is 0. The predicted molar refractivity (Wildman–Crippen MR) is 124 cm³/mol. The molecule has 0 bridgehead atoms. The molecule has 1 atom stereocenters. The number of anilines is 2. The summed E-state index contributed by atoms with van der Waals surface area (Å²) in [6.45, 7) is 0.663. The van der Waals surface area contributed by atoms with Gasteiger partial charge in [-0.2, -0.15) is 0 Å². The van der Waals surface area contributed by atoms with Crippen LogP contribution in [-0.2, 0) is 16.0 Å². The monoisotopic (exact) mass is 445 g/mol. The van der Waals surface area contributed by atoms with E-state index in [2.05, 4.69) is 10.6 Å². The first-order chi connectivity index (χ1) is 16.0. The van der Waals surface area contributed by atoms with Crippen LogP contribution in [0.1, 0.15) is 22.3 Å². The summed E-state index contributed by atoms with van der Waals surface area (Å²) < 4.78 is 13.2. The Bertz CT molecular complexity index is 1150. The van der Waals surface area contributed by atoms with Gasteiger partial charge in [0.1, 0.15) is 5.82 Å². The number of para-hydroxylation sites is 1. The molecule has 4 rings (SSSR count). The van der Waals surface area contributed by atoms with Crippen molar-refractivity contribution in [1.82, 2.24) is 5.32 Å². The molecule has 1 fully saturated rings. The fourth-order valence-corrected chi connectivity index (χ4v) is 3.84. The lowest BCUT2D eigenvalue weighted by Gasteiger charge is -2.17. The number of hydrogen-bond donors (Lipinski definition) is 2. The molecule has 0 unspecified atom stereocenters. The molecule has 168 valence electrons. The van der Waals surface area contributed by atoms with E-state index < -0.39 is 11.7 Å². The third-order valence-electron chi connectivity index (χ3n) is 5.61. The van der Waals surface area contributed by atoms with Crippen molar-refractivity contribution < 1.29 is 18.8 Å². The maximum Gasteiger partial charge on any atom is 0.253 e. The standard InChI is InChI=1S/C26H24FN3O3/c27-20-10-12-21(13-11-20)30-17-19(16-24(30)31)25(32)29-23-9-5-4-8-22(23)26(33)28-15-14-18-6-2-1-3-7-18/h1-13,19H,14-17H2,(H,28,33)(H,29,32)/t19-/m1/s1. The zero-order chi connectivity index (χ0) is 23.2. The van der Waals surface area contributed by atoms with Crippen LogP contribution >= 0.6 is 0 Å². The zero-order valence-electron chi connectivity index (χ0n) is 18.0. The molecule has 3 aromatic rings. The molecule has 1 aliphatic rings. The van der Waals surface area contributed by atoms with Crippen molar-refractivity contribution in [1.29, 1.82) is 0 Å². The Morgan fingerprint density at radius 3 is 2.39 bits per heavy atom. The summed E-state index contributed by atoms with van der Waals surface area (Å²) in [4.78, 5) is 39.5. The van der Waals surface area contributed by atoms with E-state index in [4.69, 9.17) is 0 Å². The van der Waals surface area contributed by atoms with Crippen LogP contribution in [-0.4, -0.2) is 30.8 Å².